The van der Waals surface area contributed by atoms with Crippen LogP contribution in [-0.4, -0.2) is 37.8 Å². The summed E-state index contributed by atoms with van der Waals surface area (Å²) < 4.78 is 39.5. The fraction of sp³-hybridized carbons (Fsp3) is 0.188. The Balaban J connectivity index is 2.10. The summed E-state index contributed by atoms with van der Waals surface area (Å²) in [7, 11) is 0. The van der Waals surface area contributed by atoms with E-state index in [0.29, 0.717) is 5.01 Å². The van der Waals surface area contributed by atoms with E-state index in [1.54, 1.807) is 0 Å². The number of amides is 1. The number of nitrogens with zero attached hydrogens (tertiary/aromatic N) is 4. The van der Waals surface area contributed by atoms with Crippen molar-refractivity contribution < 1.29 is 28.0 Å². The SMILES string of the molecule is O=C(c1ccncc1)N1N=C(C(F)(F)F)C[C@]1(O)c1cccc([N+](=O)[O-])c1. The lowest BCUT2D eigenvalue weighted by Crippen LogP contribution is -2.43. The van der Waals surface area contributed by atoms with E-state index in [-0.39, 0.29) is 11.1 Å². The first-order valence-corrected chi connectivity index (χ1v) is 7.49. The van der Waals surface area contributed by atoms with Crippen LogP contribution in [0.1, 0.15) is 22.3 Å². The average Bonchev–Trinajstić information content (AvgIpc) is 3.01. The maximum Gasteiger partial charge on any atom is 0.431 e. The molecule has 1 aliphatic rings. The summed E-state index contributed by atoms with van der Waals surface area (Å²) in [4.78, 5) is 26.6. The van der Waals surface area contributed by atoms with E-state index in [2.05, 4.69) is 10.1 Å². The molecule has 0 fully saturated rings. The zero-order chi connectivity index (χ0) is 19.8. The van der Waals surface area contributed by atoms with E-state index < -0.39 is 40.6 Å². The third kappa shape index (κ3) is 3.36. The van der Waals surface area contributed by atoms with Crippen molar-refractivity contribution in [3.8, 4) is 0 Å². The van der Waals surface area contributed by atoms with Gasteiger partial charge in [-0.1, -0.05) is 12.1 Å². The summed E-state index contributed by atoms with van der Waals surface area (Å²) in [5.74, 6) is -1.01. The topological polar surface area (TPSA) is 109 Å². The highest BCUT2D eigenvalue weighted by atomic mass is 19.4. The van der Waals surface area contributed by atoms with E-state index in [4.69, 9.17) is 0 Å². The number of carbonyl (C=O) groups excluding carboxylic acids is 1. The second-order valence-electron chi connectivity index (χ2n) is 5.70. The molecule has 0 unspecified atom stereocenters. The predicted molar refractivity (Wildman–Crippen MR) is 85.5 cm³/mol. The summed E-state index contributed by atoms with van der Waals surface area (Å²) in [5, 5.41) is 25.5. The standard InChI is InChI=1S/C16H11F3N4O4/c17-16(18,19)13-9-15(25,11-2-1-3-12(8-11)23(26)27)22(21-13)14(24)10-4-6-20-7-5-10/h1-8,25H,9H2/t15-/m0/s1. The molecule has 2 heterocycles. The predicted octanol–water partition coefficient (Wildman–Crippen LogP) is 2.60. The zero-order valence-electron chi connectivity index (χ0n) is 13.4. The first-order chi connectivity index (χ1) is 12.6. The second kappa shape index (κ2) is 6.43. The number of alkyl halides is 3. The van der Waals surface area contributed by atoms with Gasteiger partial charge in [0.2, 0.25) is 0 Å². The van der Waals surface area contributed by atoms with Gasteiger partial charge in [-0.05, 0) is 12.1 Å². The van der Waals surface area contributed by atoms with Crippen LogP contribution in [-0.2, 0) is 5.72 Å². The minimum absolute atomic E-state index is 0.0546. The highest BCUT2D eigenvalue weighted by molar-refractivity contribution is 5.99. The molecule has 0 saturated heterocycles. The molecule has 27 heavy (non-hydrogen) atoms. The Morgan fingerprint density at radius 3 is 2.52 bits per heavy atom. The van der Waals surface area contributed by atoms with Crippen LogP contribution in [0.3, 0.4) is 0 Å². The number of nitro benzene ring substituents is 1. The van der Waals surface area contributed by atoms with Crippen molar-refractivity contribution in [2.45, 2.75) is 18.3 Å². The maximum atomic E-state index is 13.2. The van der Waals surface area contributed by atoms with Gasteiger partial charge >= 0.3 is 6.18 Å². The third-order valence-electron chi connectivity index (χ3n) is 3.95. The lowest BCUT2D eigenvalue weighted by atomic mass is 9.96. The Morgan fingerprint density at radius 2 is 1.93 bits per heavy atom. The number of halogens is 3. The van der Waals surface area contributed by atoms with Gasteiger partial charge in [-0.3, -0.25) is 19.9 Å². The Kier molecular flexibility index (Phi) is 4.39. The first-order valence-electron chi connectivity index (χ1n) is 7.49. The number of aliphatic hydroxyl groups is 1. The Bertz CT molecular complexity index is 933. The molecule has 1 atom stereocenters. The number of non-ortho nitro benzene ring substituents is 1. The van der Waals surface area contributed by atoms with E-state index in [1.807, 2.05) is 0 Å². The molecule has 0 spiro atoms. The highest BCUT2D eigenvalue weighted by Crippen LogP contribution is 2.41. The number of aromatic nitrogens is 1. The zero-order valence-corrected chi connectivity index (χ0v) is 13.4. The van der Waals surface area contributed by atoms with Gasteiger partial charge in [0.25, 0.3) is 11.6 Å². The fourth-order valence-corrected chi connectivity index (χ4v) is 2.63. The van der Waals surface area contributed by atoms with Crippen LogP contribution in [0, 0.1) is 10.1 Å². The van der Waals surface area contributed by atoms with Crippen molar-refractivity contribution in [3.05, 3.63) is 70.0 Å². The molecule has 1 aliphatic heterocycles. The molecular weight excluding hydrogens is 369 g/mol. The van der Waals surface area contributed by atoms with E-state index in [1.165, 1.54) is 36.7 Å². The quantitative estimate of drug-likeness (QED) is 0.650. The molecule has 0 aliphatic carbocycles. The van der Waals surface area contributed by atoms with E-state index in [9.17, 15) is 33.2 Å². The van der Waals surface area contributed by atoms with Crippen LogP contribution >= 0.6 is 0 Å². The summed E-state index contributed by atoms with van der Waals surface area (Å²) in [6.45, 7) is 0. The molecule has 1 aromatic heterocycles. The van der Waals surface area contributed by atoms with Crippen molar-refractivity contribution in [2.75, 3.05) is 0 Å². The smallest absolute Gasteiger partial charge is 0.365 e. The minimum atomic E-state index is -4.89. The van der Waals surface area contributed by atoms with Crippen molar-refractivity contribution in [1.29, 1.82) is 0 Å². The average molecular weight is 380 g/mol. The number of nitro groups is 1. The molecule has 0 radical (unpaired) electrons. The molecule has 0 bridgehead atoms. The molecule has 1 N–H and O–H groups in total. The van der Waals surface area contributed by atoms with Gasteiger partial charge in [-0.2, -0.15) is 23.3 Å². The van der Waals surface area contributed by atoms with Crippen LogP contribution in [0.2, 0.25) is 0 Å². The summed E-state index contributed by atoms with van der Waals surface area (Å²) in [6, 6.07) is 6.90. The van der Waals surface area contributed by atoms with Crippen molar-refractivity contribution in [3.63, 3.8) is 0 Å². The number of carbonyl (C=O) groups is 1. The lowest BCUT2D eigenvalue weighted by Gasteiger charge is -2.31. The molecule has 8 nitrogen and oxygen atoms in total. The largest absolute Gasteiger partial charge is 0.431 e. The molecule has 11 heteroatoms. The van der Waals surface area contributed by atoms with Gasteiger partial charge < -0.3 is 5.11 Å². The highest BCUT2D eigenvalue weighted by Gasteiger charge is 2.53. The Labute approximate surface area is 149 Å². The number of benzene rings is 1. The van der Waals surface area contributed by atoms with Crippen LogP contribution in [0.5, 0.6) is 0 Å². The van der Waals surface area contributed by atoms with E-state index >= 15 is 0 Å². The fourth-order valence-electron chi connectivity index (χ4n) is 2.63. The maximum absolute atomic E-state index is 13.2. The summed E-state index contributed by atoms with van der Waals surface area (Å²) in [5.41, 5.74) is -4.67. The van der Waals surface area contributed by atoms with Crippen molar-refractivity contribution in [2.24, 2.45) is 5.10 Å². The monoisotopic (exact) mass is 380 g/mol. The van der Waals surface area contributed by atoms with Crippen molar-refractivity contribution >= 4 is 17.3 Å². The van der Waals surface area contributed by atoms with Gasteiger partial charge in [-0.15, -0.1) is 0 Å². The molecule has 2 aromatic rings. The van der Waals surface area contributed by atoms with Gasteiger partial charge in [-0.25, -0.2) is 0 Å². The minimum Gasteiger partial charge on any atom is -0.365 e. The molecule has 1 aromatic carbocycles. The lowest BCUT2D eigenvalue weighted by molar-refractivity contribution is -0.385. The van der Waals surface area contributed by atoms with Crippen LogP contribution in [0.25, 0.3) is 0 Å². The first kappa shape index (κ1) is 18.5. The summed E-state index contributed by atoms with van der Waals surface area (Å²) >= 11 is 0. The molecule has 0 saturated carbocycles. The summed E-state index contributed by atoms with van der Waals surface area (Å²) in [6.07, 6.45) is -3.44. The van der Waals surface area contributed by atoms with Crippen LogP contribution in [0.15, 0.2) is 53.9 Å². The van der Waals surface area contributed by atoms with E-state index in [0.717, 1.165) is 12.1 Å². The molecular formula is C16H11F3N4O4. The van der Waals surface area contributed by atoms with Crippen molar-refractivity contribution in [1.82, 2.24) is 9.99 Å². The third-order valence-corrected chi connectivity index (χ3v) is 3.95. The number of pyridine rings is 1. The number of hydrogen-bond donors (Lipinski definition) is 1. The molecule has 1 amide bonds. The normalized spacial score (nSPS) is 19.7. The van der Waals surface area contributed by atoms with Gasteiger partial charge in [0.1, 0.15) is 5.71 Å². The molecule has 140 valence electrons. The number of hydrogen-bond acceptors (Lipinski definition) is 6. The van der Waals surface area contributed by atoms with Crippen LogP contribution < -0.4 is 0 Å². The number of rotatable bonds is 3. The second-order valence-corrected chi connectivity index (χ2v) is 5.70. The van der Waals surface area contributed by atoms with Gasteiger partial charge in [0, 0.05) is 35.7 Å². The van der Waals surface area contributed by atoms with Gasteiger partial charge in [0.15, 0.2) is 5.72 Å². The Hall–Kier alpha value is -3.34. The molecule has 3 rings (SSSR count). The Morgan fingerprint density at radius 1 is 1.26 bits per heavy atom. The number of hydrazone groups is 1. The van der Waals surface area contributed by atoms with Gasteiger partial charge in [0.05, 0.1) is 11.3 Å². The van der Waals surface area contributed by atoms with Crippen LogP contribution in [0.4, 0.5) is 18.9 Å².